The third kappa shape index (κ3) is 3.51. The Hall–Kier alpha value is -0.930. The van der Waals surface area contributed by atoms with E-state index in [0.29, 0.717) is 0 Å². The van der Waals surface area contributed by atoms with Crippen molar-refractivity contribution >= 4 is 0 Å². The molecule has 2 rings (SSSR count). The molecule has 0 saturated carbocycles. The molecule has 1 fully saturated rings. The van der Waals surface area contributed by atoms with Gasteiger partial charge in [-0.1, -0.05) is 26.8 Å². The van der Waals surface area contributed by atoms with E-state index in [9.17, 15) is 0 Å². The van der Waals surface area contributed by atoms with Gasteiger partial charge in [-0.2, -0.15) is 0 Å². The van der Waals surface area contributed by atoms with Gasteiger partial charge in [0.15, 0.2) is 0 Å². The maximum Gasteiger partial charge on any atom is 0.0544 e. The highest BCUT2D eigenvalue weighted by Crippen LogP contribution is 2.21. The van der Waals surface area contributed by atoms with Crippen LogP contribution in [-0.4, -0.2) is 36.1 Å². The normalized spacial score (nSPS) is 18.3. The predicted octanol–water partition coefficient (Wildman–Crippen LogP) is 1.78. The molecule has 1 aliphatic rings. The highest BCUT2D eigenvalue weighted by atomic mass is 15.2. The van der Waals surface area contributed by atoms with Gasteiger partial charge in [0.2, 0.25) is 0 Å². The molecule has 17 heavy (non-hydrogen) atoms. The van der Waals surface area contributed by atoms with Gasteiger partial charge in [-0.05, 0) is 17.0 Å². The molecule has 94 valence electrons. The monoisotopic (exact) mass is 233 g/mol. The standard InChI is InChI=1S/C14H23N3/c1-14(2,3)12-4-5-13(16-10-12)11-17-8-6-15-7-9-17/h4-5,10,15H,6-9,11H2,1-3H3. The number of pyridine rings is 1. The van der Waals surface area contributed by atoms with Crippen molar-refractivity contribution in [2.45, 2.75) is 32.7 Å². The Morgan fingerprint density at radius 3 is 2.47 bits per heavy atom. The van der Waals surface area contributed by atoms with Gasteiger partial charge in [-0.3, -0.25) is 9.88 Å². The number of nitrogens with zero attached hydrogens (tertiary/aromatic N) is 2. The number of nitrogens with one attached hydrogen (secondary N) is 1. The lowest BCUT2D eigenvalue weighted by Crippen LogP contribution is -2.43. The van der Waals surface area contributed by atoms with Crippen LogP contribution in [0.5, 0.6) is 0 Å². The first kappa shape index (κ1) is 12.5. The van der Waals surface area contributed by atoms with Crippen molar-refractivity contribution in [1.82, 2.24) is 15.2 Å². The van der Waals surface area contributed by atoms with E-state index in [-0.39, 0.29) is 5.41 Å². The average molecular weight is 233 g/mol. The molecule has 1 aromatic rings. The van der Waals surface area contributed by atoms with E-state index in [0.717, 1.165) is 32.7 Å². The SMILES string of the molecule is CC(C)(C)c1ccc(CN2CCNCC2)nc1. The minimum absolute atomic E-state index is 0.195. The summed E-state index contributed by atoms with van der Waals surface area (Å²) in [5.41, 5.74) is 2.68. The molecular weight excluding hydrogens is 210 g/mol. The van der Waals surface area contributed by atoms with Crippen molar-refractivity contribution in [2.24, 2.45) is 0 Å². The topological polar surface area (TPSA) is 28.2 Å². The third-order valence-electron chi connectivity index (χ3n) is 3.29. The summed E-state index contributed by atoms with van der Waals surface area (Å²) in [5, 5.41) is 3.37. The van der Waals surface area contributed by atoms with E-state index in [1.165, 1.54) is 11.3 Å². The quantitative estimate of drug-likeness (QED) is 0.844. The van der Waals surface area contributed by atoms with Crippen molar-refractivity contribution in [3.63, 3.8) is 0 Å². The number of aromatic nitrogens is 1. The van der Waals surface area contributed by atoms with Crippen LogP contribution in [0, 0.1) is 0 Å². The van der Waals surface area contributed by atoms with Crippen LogP contribution < -0.4 is 5.32 Å². The van der Waals surface area contributed by atoms with Gasteiger partial charge in [-0.25, -0.2) is 0 Å². The zero-order valence-corrected chi connectivity index (χ0v) is 11.2. The fourth-order valence-corrected chi connectivity index (χ4v) is 2.06. The molecule has 1 saturated heterocycles. The van der Waals surface area contributed by atoms with Gasteiger partial charge in [0.25, 0.3) is 0 Å². The Morgan fingerprint density at radius 2 is 1.94 bits per heavy atom. The first-order chi connectivity index (χ1) is 8.05. The van der Waals surface area contributed by atoms with Gasteiger partial charge >= 0.3 is 0 Å². The largest absolute Gasteiger partial charge is 0.314 e. The Labute approximate surface area is 104 Å². The van der Waals surface area contributed by atoms with Crippen LogP contribution in [0.4, 0.5) is 0 Å². The van der Waals surface area contributed by atoms with Gasteiger partial charge in [0.1, 0.15) is 0 Å². The van der Waals surface area contributed by atoms with Crippen LogP contribution in [0.3, 0.4) is 0 Å². The molecule has 0 radical (unpaired) electrons. The molecule has 0 aromatic carbocycles. The Bertz CT molecular complexity index is 345. The van der Waals surface area contributed by atoms with E-state index in [4.69, 9.17) is 0 Å². The van der Waals surface area contributed by atoms with Crippen LogP contribution in [-0.2, 0) is 12.0 Å². The lowest BCUT2D eigenvalue weighted by atomic mass is 9.88. The van der Waals surface area contributed by atoms with Crippen LogP contribution >= 0.6 is 0 Å². The number of piperazine rings is 1. The minimum Gasteiger partial charge on any atom is -0.314 e. The second kappa shape index (κ2) is 5.15. The molecule has 0 atom stereocenters. The number of hydrogen-bond donors (Lipinski definition) is 1. The van der Waals surface area contributed by atoms with Crippen molar-refractivity contribution in [3.8, 4) is 0 Å². The number of hydrogen-bond acceptors (Lipinski definition) is 3. The Morgan fingerprint density at radius 1 is 1.24 bits per heavy atom. The summed E-state index contributed by atoms with van der Waals surface area (Å²) in [5.74, 6) is 0. The predicted molar refractivity (Wildman–Crippen MR) is 71.1 cm³/mol. The van der Waals surface area contributed by atoms with Gasteiger partial charge < -0.3 is 5.32 Å². The molecule has 0 amide bonds. The summed E-state index contributed by atoms with van der Waals surface area (Å²) in [7, 11) is 0. The smallest absolute Gasteiger partial charge is 0.0544 e. The maximum absolute atomic E-state index is 4.58. The maximum atomic E-state index is 4.58. The van der Waals surface area contributed by atoms with Crippen molar-refractivity contribution < 1.29 is 0 Å². The molecule has 2 heterocycles. The average Bonchev–Trinajstić information content (AvgIpc) is 2.30. The summed E-state index contributed by atoms with van der Waals surface area (Å²) in [6, 6.07) is 4.38. The van der Waals surface area contributed by atoms with Crippen LogP contribution in [0.15, 0.2) is 18.3 Å². The van der Waals surface area contributed by atoms with E-state index in [1.54, 1.807) is 0 Å². The van der Waals surface area contributed by atoms with E-state index >= 15 is 0 Å². The van der Waals surface area contributed by atoms with Gasteiger partial charge in [0.05, 0.1) is 5.69 Å². The fraction of sp³-hybridized carbons (Fsp3) is 0.643. The second-order valence-electron chi connectivity index (χ2n) is 5.81. The molecule has 1 aromatic heterocycles. The van der Waals surface area contributed by atoms with Crippen LogP contribution in [0.25, 0.3) is 0 Å². The first-order valence-electron chi connectivity index (χ1n) is 6.44. The van der Waals surface area contributed by atoms with E-state index in [1.807, 2.05) is 6.20 Å². The summed E-state index contributed by atoms with van der Waals surface area (Å²) < 4.78 is 0. The highest BCUT2D eigenvalue weighted by Gasteiger charge is 2.14. The first-order valence-corrected chi connectivity index (χ1v) is 6.44. The Balaban J connectivity index is 1.98. The van der Waals surface area contributed by atoms with Crippen molar-refractivity contribution in [3.05, 3.63) is 29.6 Å². The number of rotatable bonds is 2. The zero-order valence-electron chi connectivity index (χ0n) is 11.2. The fourth-order valence-electron chi connectivity index (χ4n) is 2.06. The second-order valence-corrected chi connectivity index (χ2v) is 5.81. The van der Waals surface area contributed by atoms with Gasteiger partial charge in [-0.15, -0.1) is 0 Å². The van der Waals surface area contributed by atoms with E-state index < -0.39 is 0 Å². The lowest BCUT2D eigenvalue weighted by Gasteiger charge is -2.27. The molecule has 3 heteroatoms. The molecule has 3 nitrogen and oxygen atoms in total. The third-order valence-corrected chi connectivity index (χ3v) is 3.29. The molecule has 0 spiro atoms. The van der Waals surface area contributed by atoms with Crippen molar-refractivity contribution in [1.29, 1.82) is 0 Å². The molecule has 1 N–H and O–H groups in total. The van der Waals surface area contributed by atoms with Gasteiger partial charge in [0, 0.05) is 38.9 Å². The molecule has 1 aliphatic heterocycles. The molecule has 0 bridgehead atoms. The Kier molecular flexibility index (Phi) is 3.79. The van der Waals surface area contributed by atoms with Crippen molar-refractivity contribution in [2.75, 3.05) is 26.2 Å². The van der Waals surface area contributed by atoms with Crippen LogP contribution in [0.1, 0.15) is 32.0 Å². The molecule has 0 unspecified atom stereocenters. The summed E-state index contributed by atoms with van der Waals surface area (Å²) in [6.07, 6.45) is 2.03. The van der Waals surface area contributed by atoms with E-state index in [2.05, 4.69) is 48.1 Å². The summed E-state index contributed by atoms with van der Waals surface area (Å²) in [6.45, 7) is 12.1. The highest BCUT2D eigenvalue weighted by molar-refractivity contribution is 5.21. The lowest BCUT2D eigenvalue weighted by molar-refractivity contribution is 0.230. The zero-order chi connectivity index (χ0) is 12.3. The minimum atomic E-state index is 0.195. The summed E-state index contributed by atoms with van der Waals surface area (Å²) >= 11 is 0. The van der Waals surface area contributed by atoms with Crippen LogP contribution in [0.2, 0.25) is 0 Å². The summed E-state index contributed by atoms with van der Waals surface area (Å²) in [4.78, 5) is 7.03. The molecular formula is C14H23N3. The molecule has 0 aliphatic carbocycles.